The molecular formula is C13H18BrN3OS. The standard InChI is InChI=1S/C13H18BrN3OS/c1-8(2)16-11(18)7-17(3)10-6-4-5-9(14)12(10)13(15)19/h4-6,8H,7H2,1-3H3,(H2,15,19)(H,16,18). The lowest BCUT2D eigenvalue weighted by atomic mass is 10.1. The molecule has 0 spiro atoms. The third kappa shape index (κ3) is 4.47. The molecule has 104 valence electrons. The van der Waals surface area contributed by atoms with Crippen LogP contribution in [0.2, 0.25) is 0 Å². The highest BCUT2D eigenvalue weighted by atomic mass is 79.9. The van der Waals surface area contributed by atoms with E-state index in [0.29, 0.717) is 4.99 Å². The summed E-state index contributed by atoms with van der Waals surface area (Å²) in [6, 6.07) is 5.78. The lowest BCUT2D eigenvalue weighted by molar-refractivity contribution is -0.120. The first-order chi connectivity index (χ1) is 8.82. The van der Waals surface area contributed by atoms with Crippen LogP contribution in [0, 0.1) is 0 Å². The Morgan fingerprint density at radius 2 is 2.16 bits per heavy atom. The number of hydrogen-bond donors (Lipinski definition) is 2. The number of thiocarbonyl (C=S) groups is 1. The summed E-state index contributed by atoms with van der Waals surface area (Å²) >= 11 is 8.49. The van der Waals surface area contributed by atoms with E-state index in [-0.39, 0.29) is 18.5 Å². The predicted molar refractivity (Wildman–Crippen MR) is 86.6 cm³/mol. The number of amides is 1. The minimum atomic E-state index is -0.0358. The normalized spacial score (nSPS) is 10.4. The Bertz CT molecular complexity index is 491. The van der Waals surface area contributed by atoms with Crippen LogP contribution in [0.5, 0.6) is 0 Å². The van der Waals surface area contributed by atoms with Crippen LogP contribution in [-0.4, -0.2) is 30.5 Å². The fraction of sp³-hybridized carbons (Fsp3) is 0.385. The van der Waals surface area contributed by atoms with E-state index >= 15 is 0 Å². The molecule has 1 aromatic carbocycles. The van der Waals surface area contributed by atoms with Crippen molar-refractivity contribution in [2.24, 2.45) is 5.73 Å². The van der Waals surface area contributed by atoms with Gasteiger partial charge in [-0.25, -0.2) is 0 Å². The zero-order valence-corrected chi connectivity index (χ0v) is 13.6. The van der Waals surface area contributed by atoms with Gasteiger partial charge in [-0.2, -0.15) is 0 Å². The molecule has 0 unspecified atom stereocenters. The summed E-state index contributed by atoms with van der Waals surface area (Å²) < 4.78 is 0.827. The van der Waals surface area contributed by atoms with Gasteiger partial charge >= 0.3 is 0 Å². The summed E-state index contributed by atoms with van der Waals surface area (Å²) in [4.78, 5) is 13.9. The van der Waals surface area contributed by atoms with Crippen LogP contribution in [0.15, 0.2) is 22.7 Å². The zero-order chi connectivity index (χ0) is 14.6. The molecule has 1 rings (SSSR count). The van der Waals surface area contributed by atoms with Gasteiger partial charge in [-0.1, -0.05) is 18.3 Å². The van der Waals surface area contributed by atoms with Gasteiger partial charge in [0.2, 0.25) is 5.91 Å². The Morgan fingerprint density at radius 3 is 2.68 bits per heavy atom. The van der Waals surface area contributed by atoms with E-state index in [0.717, 1.165) is 15.7 Å². The van der Waals surface area contributed by atoms with Crippen molar-refractivity contribution in [1.29, 1.82) is 0 Å². The molecule has 0 aliphatic carbocycles. The Balaban J connectivity index is 2.94. The largest absolute Gasteiger partial charge is 0.389 e. The Labute approximate surface area is 127 Å². The summed E-state index contributed by atoms with van der Waals surface area (Å²) in [7, 11) is 1.84. The molecule has 0 aliphatic heterocycles. The summed E-state index contributed by atoms with van der Waals surface area (Å²) in [5.74, 6) is -0.0358. The highest BCUT2D eigenvalue weighted by molar-refractivity contribution is 9.10. The summed E-state index contributed by atoms with van der Waals surface area (Å²) in [5.41, 5.74) is 7.32. The van der Waals surface area contributed by atoms with Crippen molar-refractivity contribution >= 4 is 44.7 Å². The van der Waals surface area contributed by atoms with E-state index in [2.05, 4.69) is 21.2 Å². The van der Waals surface area contributed by atoms with Crippen molar-refractivity contribution < 1.29 is 4.79 Å². The number of nitrogens with one attached hydrogen (secondary N) is 1. The minimum absolute atomic E-state index is 0.0358. The number of nitrogens with zero attached hydrogens (tertiary/aromatic N) is 1. The summed E-state index contributed by atoms with van der Waals surface area (Å²) in [5, 5.41) is 2.85. The molecule has 6 heteroatoms. The summed E-state index contributed by atoms with van der Waals surface area (Å²) in [6.07, 6.45) is 0. The van der Waals surface area contributed by atoms with Crippen LogP contribution < -0.4 is 16.0 Å². The van der Waals surface area contributed by atoms with Crippen molar-refractivity contribution in [3.8, 4) is 0 Å². The number of anilines is 1. The molecule has 1 amide bonds. The second kappa shape index (κ2) is 6.86. The highest BCUT2D eigenvalue weighted by Gasteiger charge is 2.15. The first-order valence-electron chi connectivity index (χ1n) is 5.91. The number of carbonyl (C=O) groups is 1. The number of nitrogens with two attached hydrogens (primary N) is 1. The Morgan fingerprint density at radius 1 is 1.53 bits per heavy atom. The third-order valence-electron chi connectivity index (χ3n) is 2.48. The van der Waals surface area contributed by atoms with Crippen molar-refractivity contribution in [3.05, 3.63) is 28.2 Å². The van der Waals surface area contributed by atoms with Gasteiger partial charge in [0.1, 0.15) is 4.99 Å². The molecule has 4 nitrogen and oxygen atoms in total. The SMILES string of the molecule is CC(C)NC(=O)CN(C)c1cccc(Br)c1C(N)=S. The maximum atomic E-state index is 11.8. The molecular weight excluding hydrogens is 326 g/mol. The minimum Gasteiger partial charge on any atom is -0.389 e. The lowest BCUT2D eigenvalue weighted by Crippen LogP contribution is -2.39. The molecule has 0 atom stereocenters. The first-order valence-corrected chi connectivity index (χ1v) is 7.12. The van der Waals surface area contributed by atoms with E-state index in [9.17, 15) is 4.79 Å². The number of benzene rings is 1. The molecule has 19 heavy (non-hydrogen) atoms. The van der Waals surface area contributed by atoms with Crippen LogP contribution >= 0.6 is 28.1 Å². The van der Waals surface area contributed by atoms with E-state index < -0.39 is 0 Å². The van der Waals surface area contributed by atoms with Gasteiger partial charge in [-0.15, -0.1) is 0 Å². The van der Waals surface area contributed by atoms with E-state index in [4.69, 9.17) is 18.0 Å². The Hall–Kier alpha value is -1.14. The molecule has 0 heterocycles. The van der Waals surface area contributed by atoms with E-state index in [1.165, 1.54) is 0 Å². The van der Waals surface area contributed by atoms with Crippen LogP contribution in [0.3, 0.4) is 0 Å². The van der Waals surface area contributed by atoms with Gasteiger partial charge in [0, 0.05) is 28.8 Å². The van der Waals surface area contributed by atoms with Crippen molar-refractivity contribution in [3.63, 3.8) is 0 Å². The van der Waals surface area contributed by atoms with Gasteiger partial charge < -0.3 is 16.0 Å². The monoisotopic (exact) mass is 343 g/mol. The quantitative estimate of drug-likeness (QED) is 0.803. The average molecular weight is 344 g/mol. The number of carbonyl (C=O) groups excluding carboxylic acids is 1. The van der Waals surface area contributed by atoms with Gasteiger partial charge in [0.25, 0.3) is 0 Å². The highest BCUT2D eigenvalue weighted by Crippen LogP contribution is 2.27. The van der Waals surface area contributed by atoms with Crippen LogP contribution in [0.4, 0.5) is 5.69 Å². The molecule has 0 bridgehead atoms. The molecule has 0 fully saturated rings. The maximum Gasteiger partial charge on any atom is 0.239 e. The zero-order valence-electron chi connectivity index (χ0n) is 11.2. The van der Waals surface area contributed by atoms with Crippen molar-refractivity contribution in [2.75, 3.05) is 18.5 Å². The summed E-state index contributed by atoms with van der Waals surface area (Å²) in [6.45, 7) is 4.11. The van der Waals surface area contributed by atoms with Gasteiger partial charge in [-0.3, -0.25) is 4.79 Å². The third-order valence-corrected chi connectivity index (χ3v) is 3.34. The van der Waals surface area contributed by atoms with E-state index in [1.807, 2.05) is 44.0 Å². The van der Waals surface area contributed by atoms with Crippen LogP contribution in [0.1, 0.15) is 19.4 Å². The molecule has 0 saturated heterocycles. The maximum absolute atomic E-state index is 11.8. The van der Waals surface area contributed by atoms with Gasteiger partial charge in [0.15, 0.2) is 0 Å². The smallest absolute Gasteiger partial charge is 0.239 e. The van der Waals surface area contributed by atoms with E-state index in [1.54, 1.807) is 0 Å². The molecule has 0 aromatic heterocycles. The fourth-order valence-corrected chi connectivity index (χ4v) is 2.66. The molecule has 0 aliphatic rings. The molecule has 1 aromatic rings. The number of likely N-dealkylation sites (N-methyl/N-ethyl adjacent to an activating group) is 1. The second-order valence-corrected chi connectivity index (χ2v) is 5.87. The number of halogens is 1. The second-order valence-electron chi connectivity index (χ2n) is 4.58. The topological polar surface area (TPSA) is 58.4 Å². The molecule has 3 N–H and O–H groups in total. The van der Waals surface area contributed by atoms with Gasteiger partial charge in [-0.05, 0) is 41.9 Å². The molecule has 0 radical (unpaired) electrons. The van der Waals surface area contributed by atoms with Crippen LogP contribution in [-0.2, 0) is 4.79 Å². The predicted octanol–water partition coefficient (Wildman–Crippen LogP) is 2.04. The van der Waals surface area contributed by atoms with Crippen molar-refractivity contribution in [2.45, 2.75) is 19.9 Å². The number of rotatable bonds is 5. The Kier molecular flexibility index (Phi) is 5.75. The van der Waals surface area contributed by atoms with Crippen molar-refractivity contribution in [1.82, 2.24) is 5.32 Å². The fourth-order valence-electron chi connectivity index (χ4n) is 1.74. The molecule has 0 saturated carbocycles. The van der Waals surface area contributed by atoms with Gasteiger partial charge in [0.05, 0.1) is 6.54 Å². The van der Waals surface area contributed by atoms with Crippen LogP contribution in [0.25, 0.3) is 0 Å². The first kappa shape index (κ1) is 15.9. The average Bonchev–Trinajstić information content (AvgIpc) is 2.26. The number of hydrogen-bond acceptors (Lipinski definition) is 3. The lowest BCUT2D eigenvalue weighted by Gasteiger charge is -2.23.